The lowest BCUT2D eigenvalue weighted by molar-refractivity contribution is 0.00578. The number of benzene rings is 2. The summed E-state index contributed by atoms with van der Waals surface area (Å²) in [6.45, 7) is 10.6. The van der Waals surface area contributed by atoms with E-state index in [0.717, 1.165) is 5.46 Å². The Balaban J connectivity index is 1.94. The van der Waals surface area contributed by atoms with Gasteiger partial charge in [-0.1, -0.05) is 30.3 Å². The largest absolute Gasteiger partial charge is 0.496 e. The molecule has 4 rings (SSSR count). The fourth-order valence-corrected chi connectivity index (χ4v) is 4.47. The summed E-state index contributed by atoms with van der Waals surface area (Å²) < 4.78 is 15.2. The first-order valence-corrected chi connectivity index (χ1v) is 8.88. The maximum atomic E-state index is 6.28. The standard InChI is InChI=1S/C19H21BO2S/c1-12-10-11-14(20-21-18(2,3)19(4,5)22-20)17-16(12)13-8-6-7-9-15(13)23-17/h6-11H,1-5H3. The number of fused-ring (bicyclic) bond motifs is 3. The van der Waals surface area contributed by atoms with Crippen LogP contribution in [0.15, 0.2) is 36.4 Å². The summed E-state index contributed by atoms with van der Waals surface area (Å²) in [5.74, 6) is 0. The van der Waals surface area contributed by atoms with Crippen LogP contribution in [-0.2, 0) is 9.31 Å². The predicted octanol–water partition coefficient (Wildman–Crippen LogP) is 4.66. The number of hydrogen-bond acceptors (Lipinski definition) is 3. The summed E-state index contributed by atoms with van der Waals surface area (Å²) in [4.78, 5) is 0. The average molecular weight is 324 g/mol. The van der Waals surface area contributed by atoms with Gasteiger partial charge >= 0.3 is 7.12 Å². The number of hydrogen-bond donors (Lipinski definition) is 0. The predicted molar refractivity (Wildman–Crippen MR) is 99.8 cm³/mol. The van der Waals surface area contributed by atoms with Crippen LogP contribution in [0.4, 0.5) is 0 Å². The van der Waals surface area contributed by atoms with Crippen molar-refractivity contribution in [3.05, 3.63) is 42.0 Å². The van der Waals surface area contributed by atoms with E-state index in [-0.39, 0.29) is 18.3 Å². The third-order valence-corrected chi connectivity index (χ3v) is 6.49. The van der Waals surface area contributed by atoms with Crippen molar-refractivity contribution in [2.24, 2.45) is 0 Å². The molecule has 2 nitrogen and oxygen atoms in total. The van der Waals surface area contributed by atoms with Crippen molar-refractivity contribution in [3.8, 4) is 0 Å². The molecule has 1 aromatic heterocycles. The SMILES string of the molecule is Cc1ccc(B2OC(C)(C)C(C)(C)O2)c2sc3ccccc3c12. The van der Waals surface area contributed by atoms with Gasteiger partial charge in [-0.3, -0.25) is 0 Å². The van der Waals surface area contributed by atoms with Crippen LogP contribution >= 0.6 is 11.3 Å². The number of rotatable bonds is 1. The van der Waals surface area contributed by atoms with E-state index < -0.39 is 0 Å². The molecule has 1 saturated heterocycles. The molecule has 23 heavy (non-hydrogen) atoms. The van der Waals surface area contributed by atoms with E-state index in [0.29, 0.717) is 0 Å². The van der Waals surface area contributed by atoms with Crippen LogP contribution in [0.1, 0.15) is 33.3 Å². The average Bonchev–Trinajstić information content (AvgIpc) is 2.95. The third kappa shape index (κ3) is 2.16. The Kier molecular flexibility index (Phi) is 3.18. The molecule has 0 unspecified atom stereocenters. The molecule has 1 aliphatic heterocycles. The van der Waals surface area contributed by atoms with Crippen molar-refractivity contribution >= 4 is 44.1 Å². The molecule has 118 valence electrons. The van der Waals surface area contributed by atoms with Gasteiger partial charge in [-0.25, -0.2) is 0 Å². The summed E-state index contributed by atoms with van der Waals surface area (Å²) in [5, 5.41) is 2.65. The van der Waals surface area contributed by atoms with Crippen molar-refractivity contribution < 1.29 is 9.31 Å². The highest BCUT2D eigenvalue weighted by molar-refractivity contribution is 7.27. The van der Waals surface area contributed by atoms with Gasteiger partial charge < -0.3 is 9.31 Å². The molecule has 2 aromatic carbocycles. The highest BCUT2D eigenvalue weighted by atomic mass is 32.1. The summed E-state index contributed by atoms with van der Waals surface area (Å²) in [5.41, 5.74) is 1.82. The van der Waals surface area contributed by atoms with Gasteiger partial charge in [0, 0.05) is 25.6 Å². The summed E-state index contributed by atoms with van der Waals surface area (Å²) in [6.07, 6.45) is 0. The second-order valence-electron chi connectivity index (χ2n) is 7.36. The first-order valence-electron chi connectivity index (χ1n) is 8.06. The highest BCUT2D eigenvalue weighted by Gasteiger charge is 2.52. The molecule has 1 fully saturated rings. The topological polar surface area (TPSA) is 18.5 Å². The second kappa shape index (κ2) is 4.82. The number of aryl methyl sites for hydroxylation is 1. The molecule has 0 aliphatic carbocycles. The molecule has 3 aromatic rings. The molecule has 2 heterocycles. The first-order chi connectivity index (χ1) is 10.8. The lowest BCUT2D eigenvalue weighted by Crippen LogP contribution is -2.41. The Hall–Kier alpha value is -1.36. The maximum Gasteiger partial charge on any atom is 0.496 e. The van der Waals surface area contributed by atoms with Crippen LogP contribution in [0.3, 0.4) is 0 Å². The zero-order valence-electron chi connectivity index (χ0n) is 14.3. The minimum Gasteiger partial charge on any atom is -0.399 e. The molecule has 1 aliphatic rings. The van der Waals surface area contributed by atoms with E-state index in [1.807, 2.05) is 11.3 Å². The van der Waals surface area contributed by atoms with Gasteiger partial charge in [0.15, 0.2) is 0 Å². The van der Waals surface area contributed by atoms with E-state index >= 15 is 0 Å². The van der Waals surface area contributed by atoms with Crippen molar-refractivity contribution in [2.45, 2.75) is 45.8 Å². The van der Waals surface area contributed by atoms with Crippen molar-refractivity contribution in [1.29, 1.82) is 0 Å². The molecule has 0 spiro atoms. The molecule has 0 amide bonds. The van der Waals surface area contributed by atoms with E-state index in [1.54, 1.807) is 0 Å². The zero-order chi connectivity index (χ0) is 16.4. The molecule has 0 bridgehead atoms. The normalized spacial score (nSPS) is 19.8. The lowest BCUT2D eigenvalue weighted by Gasteiger charge is -2.32. The summed E-state index contributed by atoms with van der Waals surface area (Å²) in [6, 6.07) is 12.9. The number of thiophene rings is 1. The first kappa shape index (κ1) is 15.2. The van der Waals surface area contributed by atoms with E-state index in [4.69, 9.17) is 9.31 Å². The Morgan fingerprint density at radius 3 is 2.26 bits per heavy atom. The van der Waals surface area contributed by atoms with E-state index in [1.165, 1.54) is 25.7 Å². The van der Waals surface area contributed by atoms with Crippen LogP contribution < -0.4 is 5.46 Å². The van der Waals surface area contributed by atoms with Gasteiger partial charge in [0.2, 0.25) is 0 Å². The Bertz CT molecular complexity index is 894. The van der Waals surface area contributed by atoms with Gasteiger partial charge in [-0.2, -0.15) is 0 Å². The van der Waals surface area contributed by atoms with Crippen LogP contribution in [0.5, 0.6) is 0 Å². The zero-order valence-corrected chi connectivity index (χ0v) is 15.1. The van der Waals surface area contributed by atoms with Gasteiger partial charge in [0.05, 0.1) is 11.2 Å². The third-order valence-electron chi connectivity index (χ3n) is 5.27. The molecular weight excluding hydrogens is 303 g/mol. The van der Waals surface area contributed by atoms with Gasteiger partial charge in [0.1, 0.15) is 0 Å². The molecule has 0 saturated carbocycles. The molecule has 0 N–H and O–H groups in total. The summed E-state index contributed by atoms with van der Waals surface area (Å²) in [7, 11) is -0.309. The second-order valence-corrected chi connectivity index (χ2v) is 8.41. The molecular formula is C19H21BO2S. The minimum atomic E-state index is -0.314. The van der Waals surface area contributed by atoms with Gasteiger partial charge in [0.25, 0.3) is 0 Å². The quantitative estimate of drug-likeness (QED) is 0.606. The smallest absolute Gasteiger partial charge is 0.399 e. The fraction of sp³-hybridized carbons (Fsp3) is 0.368. The van der Waals surface area contributed by atoms with Crippen molar-refractivity contribution in [3.63, 3.8) is 0 Å². The molecule has 0 atom stereocenters. The van der Waals surface area contributed by atoms with Crippen molar-refractivity contribution in [1.82, 2.24) is 0 Å². The van der Waals surface area contributed by atoms with E-state index in [9.17, 15) is 0 Å². The molecule has 0 radical (unpaired) electrons. The van der Waals surface area contributed by atoms with Crippen LogP contribution in [0.2, 0.25) is 0 Å². The summed E-state index contributed by atoms with van der Waals surface area (Å²) >= 11 is 1.83. The highest BCUT2D eigenvalue weighted by Crippen LogP contribution is 2.39. The minimum absolute atomic E-state index is 0.309. The van der Waals surface area contributed by atoms with Gasteiger partial charge in [-0.15, -0.1) is 11.3 Å². The van der Waals surface area contributed by atoms with E-state index in [2.05, 4.69) is 71.0 Å². The molecule has 4 heteroatoms. The van der Waals surface area contributed by atoms with Crippen LogP contribution in [0.25, 0.3) is 20.2 Å². The Morgan fingerprint density at radius 2 is 1.57 bits per heavy atom. The van der Waals surface area contributed by atoms with Gasteiger partial charge in [-0.05, 0) is 46.2 Å². The maximum absolute atomic E-state index is 6.28. The Morgan fingerprint density at radius 1 is 0.913 bits per heavy atom. The van der Waals surface area contributed by atoms with Crippen LogP contribution in [-0.4, -0.2) is 18.3 Å². The Labute approximate surface area is 141 Å². The monoisotopic (exact) mass is 324 g/mol. The van der Waals surface area contributed by atoms with Crippen LogP contribution in [0, 0.1) is 6.92 Å². The van der Waals surface area contributed by atoms with Crippen molar-refractivity contribution in [2.75, 3.05) is 0 Å². The lowest BCUT2D eigenvalue weighted by atomic mass is 9.78. The fourth-order valence-electron chi connectivity index (χ4n) is 3.17.